The van der Waals surface area contributed by atoms with Gasteiger partial charge in [-0.25, -0.2) is 0 Å². The summed E-state index contributed by atoms with van der Waals surface area (Å²) < 4.78 is 3.72. The number of hydrogen-bond donors (Lipinski definition) is 0. The van der Waals surface area contributed by atoms with Crippen molar-refractivity contribution in [3.63, 3.8) is 0 Å². The van der Waals surface area contributed by atoms with Crippen LogP contribution in [0.3, 0.4) is 0 Å². The van der Waals surface area contributed by atoms with E-state index in [1.807, 2.05) is 4.90 Å². The van der Waals surface area contributed by atoms with E-state index < -0.39 is 0 Å². The number of carbonyl (C=O) groups excluding carboxylic acids is 1. The van der Waals surface area contributed by atoms with Crippen molar-refractivity contribution in [2.75, 3.05) is 11.9 Å². The largest absolute Gasteiger partial charge is 0.334 e. The number of aromatic nitrogens is 2. The minimum Gasteiger partial charge on any atom is -0.334 e. The molecule has 2 unspecified atom stereocenters. The summed E-state index contributed by atoms with van der Waals surface area (Å²) in [6.45, 7) is 3.03. The molecule has 4 nitrogen and oxygen atoms in total. The van der Waals surface area contributed by atoms with Crippen molar-refractivity contribution >= 4 is 33.4 Å². The van der Waals surface area contributed by atoms with Crippen molar-refractivity contribution in [1.29, 1.82) is 0 Å². The molecule has 1 aliphatic heterocycles. The second-order valence-corrected chi connectivity index (χ2v) is 5.20. The Balaban J connectivity index is 2.14. The first-order chi connectivity index (χ1) is 7.24. The maximum atomic E-state index is 12.1. The third-order valence-electron chi connectivity index (χ3n) is 2.87. The van der Waals surface area contributed by atoms with E-state index in [9.17, 15) is 4.79 Å². The Bertz CT molecular complexity index is 343. The van der Waals surface area contributed by atoms with E-state index in [1.54, 1.807) is 6.20 Å². The Kier molecular flexibility index (Phi) is 3.35. The lowest BCUT2D eigenvalue weighted by Gasteiger charge is -2.24. The number of rotatable bonds is 2. The zero-order chi connectivity index (χ0) is 10.8. The van der Waals surface area contributed by atoms with Gasteiger partial charge in [0.1, 0.15) is 4.88 Å². The Morgan fingerprint density at radius 3 is 3.20 bits per heavy atom. The first kappa shape index (κ1) is 11.0. The van der Waals surface area contributed by atoms with Crippen LogP contribution in [0.2, 0.25) is 0 Å². The van der Waals surface area contributed by atoms with Crippen LogP contribution in [0, 0.1) is 5.92 Å². The highest BCUT2D eigenvalue weighted by Gasteiger charge is 2.34. The quantitative estimate of drug-likeness (QED) is 0.780. The van der Waals surface area contributed by atoms with Gasteiger partial charge in [0.05, 0.1) is 6.20 Å². The Labute approximate surface area is 101 Å². The van der Waals surface area contributed by atoms with E-state index in [1.165, 1.54) is 0 Å². The van der Waals surface area contributed by atoms with E-state index in [0.29, 0.717) is 16.8 Å². The molecule has 1 aromatic rings. The minimum atomic E-state index is 0.0683. The predicted octanol–water partition coefficient (Wildman–Crippen LogP) is 1.78. The molecule has 0 aliphatic carbocycles. The number of amides is 1. The first-order valence-electron chi connectivity index (χ1n) is 4.88. The van der Waals surface area contributed by atoms with Crippen molar-refractivity contribution < 1.29 is 4.79 Å². The highest BCUT2D eigenvalue weighted by Crippen LogP contribution is 2.27. The number of hydrogen-bond acceptors (Lipinski definition) is 4. The smallest absolute Gasteiger partial charge is 0.267 e. The predicted molar refractivity (Wildman–Crippen MR) is 62.3 cm³/mol. The molecule has 15 heavy (non-hydrogen) atoms. The highest BCUT2D eigenvalue weighted by molar-refractivity contribution is 9.09. The van der Waals surface area contributed by atoms with Gasteiger partial charge >= 0.3 is 0 Å². The molecule has 2 heterocycles. The molecule has 1 aromatic heterocycles. The van der Waals surface area contributed by atoms with Gasteiger partial charge in [0.2, 0.25) is 0 Å². The van der Waals surface area contributed by atoms with Gasteiger partial charge in [0.25, 0.3) is 5.91 Å². The molecule has 1 aliphatic rings. The zero-order valence-corrected chi connectivity index (χ0v) is 10.8. The van der Waals surface area contributed by atoms with Crippen LogP contribution < -0.4 is 0 Å². The highest BCUT2D eigenvalue weighted by atomic mass is 79.9. The second kappa shape index (κ2) is 4.57. The van der Waals surface area contributed by atoms with Crippen LogP contribution in [-0.2, 0) is 0 Å². The summed E-state index contributed by atoms with van der Waals surface area (Å²) >= 11 is 4.63. The Morgan fingerprint density at radius 1 is 1.80 bits per heavy atom. The normalized spacial score (nSPS) is 25.9. The summed E-state index contributed by atoms with van der Waals surface area (Å²) in [6.07, 6.45) is 2.62. The molecule has 82 valence electrons. The van der Waals surface area contributed by atoms with Gasteiger partial charge in [-0.05, 0) is 23.9 Å². The lowest BCUT2D eigenvalue weighted by Crippen LogP contribution is -2.38. The molecule has 0 radical (unpaired) electrons. The number of nitrogens with zero attached hydrogens (tertiary/aromatic N) is 3. The molecule has 1 saturated heterocycles. The number of carbonyl (C=O) groups is 1. The molecule has 1 fully saturated rings. The third kappa shape index (κ3) is 2.06. The average molecular weight is 290 g/mol. The van der Waals surface area contributed by atoms with Gasteiger partial charge in [-0.2, -0.15) is 0 Å². The van der Waals surface area contributed by atoms with Gasteiger partial charge in [-0.3, -0.25) is 4.79 Å². The standard InChI is InChI=1S/C9H12BrN3OS/c1-6-2-3-13(7(6)4-10)9(14)8-5-11-12-15-8/h5-7H,2-4H2,1H3. The summed E-state index contributed by atoms with van der Waals surface area (Å²) in [7, 11) is 0. The van der Waals surface area contributed by atoms with E-state index in [-0.39, 0.29) is 5.91 Å². The van der Waals surface area contributed by atoms with Gasteiger partial charge in [-0.1, -0.05) is 27.3 Å². The SMILES string of the molecule is CC1CCN(C(=O)c2cnns2)C1CBr. The van der Waals surface area contributed by atoms with Crippen molar-refractivity contribution in [3.05, 3.63) is 11.1 Å². The van der Waals surface area contributed by atoms with E-state index in [2.05, 4.69) is 32.4 Å². The number of halogens is 1. The van der Waals surface area contributed by atoms with Crippen LogP contribution in [0.5, 0.6) is 0 Å². The lowest BCUT2D eigenvalue weighted by molar-refractivity contribution is 0.0743. The van der Waals surface area contributed by atoms with Gasteiger partial charge < -0.3 is 4.90 Å². The molecule has 0 spiro atoms. The molecule has 1 amide bonds. The van der Waals surface area contributed by atoms with E-state index >= 15 is 0 Å². The van der Waals surface area contributed by atoms with Crippen molar-refractivity contribution in [3.8, 4) is 0 Å². The van der Waals surface area contributed by atoms with Crippen molar-refractivity contribution in [2.45, 2.75) is 19.4 Å². The summed E-state index contributed by atoms with van der Waals surface area (Å²) in [6, 6.07) is 0.305. The van der Waals surface area contributed by atoms with Crippen LogP contribution >= 0.6 is 27.5 Å². The Morgan fingerprint density at radius 2 is 2.60 bits per heavy atom. The van der Waals surface area contributed by atoms with E-state index in [4.69, 9.17) is 0 Å². The zero-order valence-electron chi connectivity index (χ0n) is 8.39. The molecular weight excluding hydrogens is 278 g/mol. The number of likely N-dealkylation sites (tertiary alicyclic amines) is 1. The molecule has 0 bridgehead atoms. The summed E-state index contributed by atoms with van der Waals surface area (Å²) in [5.74, 6) is 0.632. The van der Waals surface area contributed by atoms with Crippen molar-refractivity contribution in [2.24, 2.45) is 5.92 Å². The second-order valence-electron chi connectivity index (χ2n) is 3.77. The lowest BCUT2D eigenvalue weighted by atomic mass is 10.1. The summed E-state index contributed by atoms with van der Waals surface area (Å²) in [5.41, 5.74) is 0. The molecule has 0 saturated carbocycles. The van der Waals surface area contributed by atoms with Crippen molar-refractivity contribution in [1.82, 2.24) is 14.5 Å². The third-order valence-corrected chi connectivity index (χ3v) is 4.19. The first-order valence-corrected chi connectivity index (χ1v) is 6.78. The van der Waals surface area contributed by atoms with Gasteiger partial charge in [-0.15, -0.1) is 5.10 Å². The molecule has 2 rings (SSSR count). The van der Waals surface area contributed by atoms with Crippen LogP contribution in [0.4, 0.5) is 0 Å². The van der Waals surface area contributed by atoms with Crippen LogP contribution in [-0.4, -0.2) is 38.3 Å². The molecule has 2 atom stereocenters. The molecule has 0 aromatic carbocycles. The van der Waals surface area contributed by atoms with Gasteiger partial charge in [0, 0.05) is 17.9 Å². The minimum absolute atomic E-state index is 0.0683. The van der Waals surface area contributed by atoms with Crippen LogP contribution in [0.15, 0.2) is 6.20 Å². The Hall–Kier alpha value is -0.490. The fraction of sp³-hybridized carbons (Fsp3) is 0.667. The van der Waals surface area contributed by atoms with Crippen LogP contribution in [0.1, 0.15) is 23.0 Å². The monoisotopic (exact) mass is 289 g/mol. The van der Waals surface area contributed by atoms with E-state index in [0.717, 1.165) is 29.8 Å². The van der Waals surface area contributed by atoms with Crippen LogP contribution in [0.25, 0.3) is 0 Å². The average Bonchev–Trinajstić information content (AvgIpc) is 2.85. The molecule has 0 N–H and O–H groups in total. The maximum Gasteiger partial charge on any atom is 0.267 e. The fourth-order valence-electron chi connectivity index (χ4n) is 1.90. The summed E-state index contributed by atoms with van der Waals surface area (Å²) in [4.78, 5) is 14.6. The fourth-order valence-corrected chi connectivity index (χ4v) is 3.36. The topological polar surface area (TPSA) is 46.1 Å². The summed E-state index contributed by atoms with van der Waals surface area (Å²) in [5, 5.41) is 4.53. The molecule has 6 heteroatoms. The van der Waals surface area contributed by atoms with Gasteiger partial charge in [0.15, 0.2) is 0 Å². The number of alkyl halides is 1. The maximum absolute atomic E-state index is 12.1. The molecular formula is C9H12BrN3OS.